The van der Waals surface area contributed by atoms with Gasteiger partial charge in [-0.3, -0.25) is 4.98 Å². The zero-order chi connectivity index (χ0) is 12.8. The Morgan fingerprint density at radius 2 is 1.82 bits per heavy atom. The minimum Gasteiger partial charge on any atom is -0.309 e. The van der Waals surface area contributed by atoms with Crippen LogP contribution in [0.3, 0.4) is 0 Å². The van der Waals surface area contributed by atoms with E-state index in [1.807, 2.05) is 25.1 Å². The van der Waals surface area contributed by atoms with Gasteiger partial charge in [0, 0.05) is 18.9 Å². The normalized spacial score (nSPS) is 8.94. The first kappa shape index (κ1) is 15.5. The molecule has 17 heavy (non-hydrogen) atoms. The molecule has 0 unspecified atom stereocenters. The summed E-state index contributed by atoms with van der Waals surface area (Å²) in [7, 11) is 4.12. The molecule has 0 N–H and O–H groups in total. The summed E-state index contributed by atoms with van der Waals surface area (Å²) in [4.78, 5) is 13.8. The molecule has 0 aromatic carbocycles. The summed E-state index contributed by atoms with van der Waals surface area (Å²) < 4.78 is 0. The lowest BCUT2D eigenvalue weighted by Gasteiger charge is -2.05. The van der Waals surface area contributed by atoms with E-state index in [1.54, 1.807) is 12.4 Å². The molecule has 0 fully saturated rings. The monoisotopic (exact) mass is 234 g/mol. The summed E-state index contributed by atoms with van der Waals surface area (Å²) in [5.41, 5.74) is 0. The fraction of sp³-hybridized carbons (Fsp3) is 0.538. The van der Waals surface area contributed by atoms with Crippen molar-refractivity contribution < 1.29 is 0 Å². The molecule has 1 rings (SSSR count). The molecule has 0 atom stereocenters. The molecule has 0 aliphatic carbocycles. The molecule has 0 saturated carbocycles. The van der Waals surface area contributed by atoms with Crippen LogP contribution in [-0.2, 0) is 0 Å². The van der Waals surface area contributed by atoms with Crippen LogP contribution in [0, 0.1) is 0 Å². The maximum atomic E-state index is 3.99. The van der Waals surface area contributed by atoms with Crippen LogP contribution in [0.5, 0.6) is 0 Å². The van der Waals surface area contributed by atoms with Gasteiger partial charge in [0.25, 0.3) is 0 Å². The number of nitrogens with zero attached hydrogens (tertiary/aromatic N) is 4. The lowest BCUT2D eigenvalue weighted by molar-refractivity contribution is 0.403. The van der Waals surface area contributed by atoms with Crippen LogP contribution in [0.15, 0.2) is 40.6 Å². The third-order valence-electron chi connectivity index (χ3n) is 1.74. The van der Waals surface area contributed by atoms with E-state index in [-0.39, 0.29) is 0 Å². The highest BCUT2D eigenvalue weighted by molar-refractivity contribution is 5.40. The van der Waals surface area contributed by atoms with E-state index in [1.165, 1.54) is 0 Å². The molecule has 94 valence electrons. The number of hydrogen-bond acceptors (Lipinski definition) is 4. The summed E-state index contributed by atoms with van der Waals surface area (Å²) in [5, 5.41) is 0. The van der Waals surface area contributed by atoms with Crippen molar-refractivity contribution in [2.45, 2.75) is 13.3 Å². The van der Waals surface area contributed by atoms with Crippen molar-refractivity contribution in [2.24, 2.45) is 9.98 Å². The average molecular weight is 234 g/mol. The van der Waals surface area contributed by atoms with Crippen LogP contribution in [0.4, 0.5) is 0 Å². The van der Waals surface area contributed by atoms with Gasteiger partial charge in [-0.15, -0.1) is 0 Å². The first-order valence-corrected chi connectivity index (χ1v) is 5.85. The Kier molecular flexibility index (Phi) is 11.4. The predicted octanol–water partition coefficient (Wildman–Crippen LogP) is 2.21. The summed E-state index contributed by atoms with van der Waals surface area (Å²) in [5.74, 6) is 0. The highest BCUT2D eigenvalue weighted by Gasteiger charge is 1.86. The molecule has 4 nitrogen and oxygen atoms in total. The van der Waals surface area contributed by atoms with E-state index in [0.29, 0.717) is 0 Å². The number of pyridine rings is 1. The molecule has 1 aromatic rings. The van der Waals surface area contributed by atoms with Crippen molar-refractivity contribution in [3.05, 3.63) is 30.6 Å². The highest BCUT2D eigenvalue weighted by atomic mass is 15.0. The van der Waals surface area contributed by atoms with E-state index in [0.717, 1.165) is 26.1 Å². The third kappa shape index (κ3) is 14.5. The molecular weight excluding hydrogens is 212 g/mol. The van der Waals surface area contributed by atoms with Crippen LogP contribution in [-0.4, -0.2) is 49.6 Å². The van der Waals surface area contributed by atoms with Crippen LogP contribution in [0.25, 0.3) is 0 Å². The Bertz CT molecular complexity index is 276. The second-order valence-corrected chi connectivity index (χ2v) is 3.64. The molecule has 0 aliphatic heterocycles. The zero-order valence-corrected chi connectivity index (χ0v) is 11.0. The molecule has 1 aromatic heterocycles. The van der Waals surface area contributed by atoms with Gasteiger partial charge in [-0.05, 0) is 46.1 Å². The van der Waals surface area contributed by atoms with Crippen LogP contribution in [0.1, 0.15) is 13.3 Å². The topological polar surface area (TPSA) is 40.9 Å². The molecule has 4 heteroatoms. The summed E-state index contributed by atoms with van der Waals surface area (Å²) in [6.07, 6.45) is 4.58. The van der Waals surface area contributed by atoms with E-state index >= 15 is 0 Å². The number of aromatic nitrogens is 1. The quantitative estimate of drug-likeness (QED) is 0.579. The van der Waals surface area contributed by atoms with Gasteiger partial charge in [-0.25, -0.2) is 9.98 Å². The largest absolute Gasteiger partial charge is 0.309 e. The van der Waals surface area contributed by atoms with Crippen molar-refractivity contribution in [1.29, 1.82) is 0 Å². The Morgan fingerprint density at radius 3 is 2.24 bits per heavy atom. The van der Waals surface area contributed by atoms with Crippen molar-refractivity contribution in [1.82, 2.24) is 9.88 Å². The van der Waals surface area contributed by atoms with Crippen LogP contribution < -0.4 is 0 Å². The second kappa shape index (κ2) is 12.6. The Balaban J connectivity index is 0.000000354. The predicted molar refractivity (Wildman–Crippen MR) is 72.7 cm³/mol. The fourth-order valence-corrected chi connectivity index (χ4v) is 0.949. The molecule has 0 amide bonds. The van der Waals surface area contributed by atoms with Crippen molar-refractivity contribution in [2.75, 3.05) is 33.7 Å². The molecule has 0 saturated heterocycles. The minimum atomic E-state index is 0.775. The molecular formula is C13H22N4. The van der Waals surface area contributed by atoms with Crippen molar-refractivity contribution in [3.8, 4) is 0 Å². The van der Waals surface area contributed by atoms with Gasteiger partial charge in [-0.1, -0.05) is 6.07 Å². The van der Waals surface area contributed by atoms with E-state index in [4.69, 9.17) is 0 Å². The zero-order valence-electron chi connectivity index (χ0n) is 11.0. The molecule has 0 bridgehead atoms. The first-order chi connectivity index (χ1) is 8.27. The van der Waals surface area contributed by atoms with Gasteiger partial charge in [0.05, 0.1) is 12.6 Å². The number of rotatable bonds is 5. The average Bonchev–Trinajstić information content (AvgIpc) is 2.36. The minimum absolute atomic E-state index is 0.775. The second-order valence-electron chi connectivity index (χ2n) is 3.64. The van der Waals surface area contributed by atoms with Crippen LogP contribution >= 0.6 is 0 Å². The lowest BCUT2D eigenvalue weighted by Crippen LogP contribution is -2.13. The Hall–Kier alpha value is -1.51. The highest BCUT2D eigenvalue weighted by Crippen LogP contribution is 1.82. The SMILES string of the molecule is CCN=C=NCCCN(C)C.c1ccncc1. The fourth-order valence-electron chi connectivity index (χ4n) is 0.949. The Morgan fingerprint density at radius 1 is 1.12 bits per heavy atom. The first-order valence-electron chi connectivity index (χ1n) is 5.85. The van der Waals surface area contributed by atoms with E-state index in [9.17, 15) is 0 Å². The molecule has 1 heterocycles. The van der Waals surface area contributed by atoms with Crippen LogP contribution in [0.2, 0.25) is 0 Å². The van der Waals surface area contributed by atoms with E-state index in [2.05, 4.69) is 40.0 Å². The Labute approximate surface area is 104 Å². The third-order valence-corrected chi connectivity index (χ3v) is 1.74. The van der Waals surface area contributed by atoms with Gasteiger partial charge >= 0.3 is 0 Å². The summed E-state index contributed by atoms with van der Waals surface area (Å²) in [6.45, 7) is 4.67. The smallest absolute Gasteiger partial charge is 0.0892 e. The van der Waals surface area contributed by atoms with Crippen molar-refractivity contribution in [3.63, 3.8) is 0 Å². The number of aliphatic imine (C=N–C) groups is 2. The maximum Gasteiger partial charge on any atom is 0.0892 e. The van der Waals surface area contributed by atoms with Gasteiger partial charge in [-0.2, -0.15) is 0 Å². The number of hydrogen-bond donors (Lipinski definition) is 0. The standard InChI is InChI=1S/C8H17N3.C5H5N/c1-4-9-8-10-6-5-7-11(2)3;1-2-4-6-5-3-1/h4-7H2,1-3H3;1-5H. The molecule has 0 radical (unpaired) electrons. The van der Waals surface area contributed by atoms with Crippen molar-refractivity contribution >= 4 is 6.01 Å². The van der Waals surface area contributed by atoms with Gasteiger partial charge in [0.1, 0.15) is 0 Å². The van der Waals surface area contributed by atoms with Gasteiger partial charge in [0.2, 0.25) is 0 Å². The lowest BCUT2D eigenvalue weighted by atomic mass is 10.4. The summed E-state index contributed by atoms with van der Waals surface area (Å²) >= 11 is 0. The molecule has 0 spiro atoms. The molecule has 0 aliphatic rings. The van der Waals surface area contributed by atoms with Gasteiger partial charge in [0.15, 0.2) is 0 Å². The van der Waals surface area contributed by atoms with Gasteiger partial charge < -0.3 is 4.90 Å². The maximum absolute atomic E-state index is 3.99. The summed E-state index contributed by atoms with van der Waals surface area (Å²) in [6, 6.07) is 8.36. The van der Waals surface area contributed by atoms with E-state index < -0.39 is 0 Å².